The Hall–Kier alpha value is -1.93. The second-order valence-electron chi connectivity index (χ2n) is 6.17. The zero-order chi connectivity index (χ0) is 18.4. The van der Waals surface area contributed by atoms with Gasteiger partial charge in [0, 0.05) is 12.1 Å². The van der Waals surface area contributed by atoms with Gasteiger partial charge < -0.3 is 10.6 Å². The maximum Gasteiger partial charge on any atom is 0.234 e. The molecule has 0 unspecified atom stereocenters. The molecule has 0 aliphatic rings. The van der Waals surface area contributed by atoms with E-state index in [1.807, 2.05) is 45.9 Å². The molecule has 2 rings (SSSR count). The van der Waals surface area contributed by atoms with Crippen LogP contribution in [0.25, 0.3) is 0 Å². The summed E-state index contributed by atoms with van der Waals surface area (Å²) in [6.45, 7) is 7.91. The lowest BCUT2D eigenvalue weighted by Crippen LogP contribution is -2.14. The van der Waals surface area contributed by atoms with E-state index in [-0.39, 0.29) is 23.5 Å². The van der Waals surface area contributed by atoms with Crippen molar-refractivity contribution in [3.63, 3.8) is 0 Å². The quantitative estimate of drug-likeness (QED) is 0.564. The summed E-state index contributed by atoms with van der Waals surface area (Å²) in [5.74, 6) is 0.354. The van der Waals surface area contributed by atoms with E-state index in [4.69, 9.17) is 0 Å². The van der Waals surface area contributed by atoms with Crippen molar-refractivity contribution in [1.82, 2.24) is 10.2 Å². The smallest absolute Gasteiger partial charge is 0.234 e. The first kappa shape index (κ1) is 19.4. The lowest BCUT2D eigenvalue weighted by molar-refractivity contribution is -0.117. The van der Waals surface area contributed by atoms with E-state index in [1.165, 1.54) is 23.1 Å². The summed E-state index contributed by atoms with van der Waals surface area (Å²) >= 11 is 2.57. The van der Waals surface area contributed by atoms with Gasteiger partial charge in [0.1, 0.15) is 0 Å². The van der Waals surface area contributed by atoms with Gasteiger partial charge in [-0.1, -0.05) is 49.1 Å². The van der Waals surface area contributed by atoms with Crippen LogP contribution in [-0.2, 0) is 9.59 Å². The van der Waals surface area contributed by atoms with E-state index in [0.717, 1.165) is 16.8 Å². The highest BCUT2D eigenvalue weighted by Gasteiger charge is 2.12. The van der Waals surface area contributed by atoms with Gasteiger partial charge in [0.05, 0.1) is 5.75 Å². The maximum absolute atomic E-state index is 12.1. The Morgan fingerprint density at radius 2 is 1.92 bits per heavy atom. The van der Waals surface area contributed by atoms with E-state index in [0.29, 0.717) is 15.9 Å². The standard InChI is InChI=1S/C17H22N4O2S2/c1-10(2)7-14(22)19-16-20-21-17(25-16)24-9-15(23)18-13-8-11(3)5-6-12(13)4/h5-6,8,10H,7,9H2,1-4H3,(H,18,23)(H,19,20,22). The fourth-order valence-corrected chi connectivity index (χ4v) is 3.61. The van der Waals surface area contributed by atoms with Crippen molar-refractivity contribution in [3.05, 3.63) is 29.3 Å². The number of hydrogen-bond donors (Lipinski definition) is 2. The minimum Gasteiger partial charge on any atom is -0.325 e. The van der Waals surface area contributed by atoms with Crippen molar-refractivity contribution >= 4 is 45.7 Å². The number of amides is 2. The molecular formula is C17H22N4O2S2. The van der Waals surface area contributed by atoms with Crippen LogP contribution in [0.1, 0.15) is 31.4 Å². The number of rotatable bonds is 7. The Labute approximate surface area is 155 Å². The molecule has 2 amide bonds. The Balaban J connectivity index is 1.84. The van der Waals surface area contributed by atoms with Crippen molar-refractivity contribution in [1.29, 1.82) is 0 Å². The number of carbonyl (C=O) groups is 2. The molecule has 1 aromatic heterocycles. The first-order valence-corrected chi connectivity index (χ1v) is 9.77. The van der Waals surface area contributed by atoms with Crippen LogP contribution >= 0.6 is 23.1 Å². The molecule has 0 spiro atoms. The number of aromatic nitrogens is 2. The summed E-state index contributed by atoms with van der Waals surface area (Å²) in [5, 5.41) is 14.0. The number of nitrogens with one attached hydrogen (secondary N) is 2. The summed E-state index contributed by atoms with van der Waals surface area (Å²) in [6, 6.07) is 5.94. The van der Waals surface area contributed by atoms with Crippen LogP contribution in [0.3, 0.4) is 0 Å². The van der Waals surface area contributed by atoms with Gasteiger partial charge in [-0.3, -0.25) is 9.59 Å². The second-order valence-corrected chi connectivity index (χ2v) is 8.37. The SMILES string of the molecule is Cc1ccc(C)c(NC(=O)CSc2nnc(NC(=O)CC(C)C)s2)c1. The molecule has 0 aliphatic heterocycles. The molecule has 2 aromatic rings. The molecule has 6 nitrogen and oxygen atoms in total. The van der Waals surface area contributed by atoms with Gasteiger partial charge in [-0.25, -0.2) is 0 Å². The molecule has 8 heteroatoms. The van der Waals surface area contributed by atoms with Crippen LogP contribution in [0.5, 0.6) is 0 Å². The number of nitrogens with zero attached hydrogens (tertiary/aromatic N) is 2. The van der Waals surface area contributed by atoms with Crippen LogP contribution in [0.2, 0.25) is 0 Å². The largest absolute Gasteiger partial charge is 0.325 e. The van der Waals surface area contributed by atoms with Gasteiger partial charge >= 0.3 is 0 Å². The minimum atomic E-state index is -0.0979. The lowest BCUT2D eigenvalue weighted by Gasteiger charge is -2.08. The molecule has 1 aromatic carbocycles. The molecular weight excluding hydrogens is 356 g/mol. The summed E-state index contributed by atoms with van der Waals surface area (Å²) in [7, 11) is 0. The van der Waals surface area contributed by atoms with Crippen molar-refractivity contribution in [3.8, 4) is 0 Å². The molecule has 0 aliphatic carbocycles. The van der Waals surface area contributed by atoms with E-state index in [9.17, 15) is 9.59 Å². The summed E-state index contributed by atoms with van der Waals surface area (Å²) in [4.78, 5) is 23.8. The number of carbonyl (C=O) groups excluding carboxylic acids is 2. The molecule has 134 valence electrons. The molecule has 0 saturated carbocycles. The van der Waals surface area contributed by atoms with E-state index in [2.05, 4.69) is 20.8 Å². The van der Waals surface area contributed by atoms with E-state index >= 15 is 0 Å². The molecule has 0 fully saturated rings. The monoisotopic (exact) mass is 378 g/mol. The van der Waals surface area contributed by atoms with Crippen LogP contribution in [-0.4, -0.2) is 27.8 Å². The highest BCUT2D eigenvalue weighted by atomic mass is 32.2. The molecule has 25 heavy (non-hydrogen) atoms. The molecule has 0 bridgehead atoms. The van der Waals surface area contributed by atoms with Gasteiger partial charge in [0.2, 0.25) is 16.9 Å². The average molecular weight is 379 g/mol. The van der Waals surface area contributed by atoms with Crippen LogP contribution < -0.4 is 10.6 Å². The fraction of sp³-hybridized carbons (Fsp3) is 0.412. The Kier molecular flexibility index (Phi) is 6.95. The van der Waals surface area contributed by atoms with Crippen molar-refractivity contribution in [2.45, 2.75) is 38.5 Å². The number of hydrogen-bond acceptors (Lipinski definition) is 6. The normalized spacial score (nSPS) is 10.8. The molecule has 0 radical (unpaired) electrons. The predicted octanol–water partition coefficient (Wildman–Crippen LogP) is 3.87. The third kappa shape index (κ3) is 6.47. The molecule has 0 atom stereocenters. The van der Waals surface area contributed by atoms with Crippen molar-refractivity contribution < 1.29 is 9.59 Å². The second kappa shape index (κ2) is 8.96. The third-order valence-electron chi connectivity index (χ3n) is 3.24. The Morgan fingerprint density at radius 1 is 1.16 bits per heavy atom. The van der Waals surface area contributed by atoms with Gasteiger partial charge in [-0.15, -0.1) is 10.2 Å². The highest BCUT2D eigenvalue weighted by molar-refractivity contribution is 8.01. The zero-order valence-electron chi connectivity index (χ0n) is 14.8. The first-order valence-electron chi connectivity index (χ1n) is 7.96. The van der Waals surface area contributed by atoms with E-state index in [1.54, 1.807) is 0 Å². The summed E-state index contributed by atoms with van der Waals surface area (Å²) in [6.07, 6.45) is 0.445. The van der Waals surface area contributed by atoms with E-state index < -0.39 is 0 Å². The molecule has 1 heterocycles. The average Bonchev–Trinajstić information content (AvgIpc) is 2.95. The molecule has 0 saturated heterocycles. The Morgan fingerprint density at radius 3 is 2.64 bits per heavy atom. The Bertz CT molecular complexity index is 759. The topological polar surface area (TPSA) is 84.0 Å². The van der Waals surface area contributed by atoms with Gasteiger partial charge in [-0.2, -0.15) is 0 Å². The number of aryl methyl sites for hydroxylation is 2. The number of thioether (sulfide) groups is 1. The maximum atomic E-state index is 12.1. The summed E-state index contributed by atoms with van der Waals surface area (Å²) < 4.78 is 0.649. The minimum absolute atomic E-state index is 0.0737. The zero-order valence-corrected chi connectivity index (χ0v) is 16.4. The third-order valence-corrected chi connectivity index (χ3v) is 5.21. The van der Waals surface area contributed by atoms with Gasteiger partial charge in [0.25, 0.3) is 0 Å². The number of anilines is 2. The molecule has 2 N–H and O–H groups in total. The summed E-state index contributed by atoms with van der Waals surface area (Å²) in [5.41, 5.74) is 2.94. The van der Waals surface area contributed by atoms with Crippen molar-refractivity contribution in [2.24, 2.45) is 5.92 Å². The van der Waals surface area contributed by atoms with Crippen LogP contribution in [0, 0.1) is 19.8 Å². The van der Waals surface area contributed by atoms with Crippen LogP contribution in [0.15, 0.2) is 22.5 Å². The lowest BCUT2D eigenvalue weighted by atomic mass is 10.1. The first-order chi connectivity index (χ1) is 11.8. The van der Waals surface area contributed by atoms with Crippen LogP contribution in [0.4, 0.5) is 10.8 Å². The van der Waals surface area contributed by atoms with Crippen molar-refractivity contribution in [2.75, 3.05) is 16.4 Å². The fourth-order valence-electron chi connectivity index (χ4n) is 2.04. The number of benzene rings is 1. The highest BCUT2D eigenvalue weighted by Crippen LogP contribution is 2.26. The van der Waals surface area contributed by atoms with Gasteiger partial charge in [0.15, 0.2) is 4.34 Å². The van der Waals surface area contributed by atoms with Gasteiger partial charge in [-0.05, 0) is 37.0 Å². The predicted molar refractivity (Wildman–Crippen MR) is 103 cm³/mol.